The number of halogens is 6. The second-order valence-corrected chi connectivity index (χ2v) is 12.8. The van der Waals surface area contributed by atoms with Crippen LogP contribution in [-0.4, -0.2) is 9.13 Å². The van der Waals surface area contributed by atoms with Crippen molar-refractivity contribution in [1.82, 2.24) is 9.13 Å². The van der Waals surface area contributed by atoms with Crippen molar-refractivity contribution in [3.8, 4) is 52.8 Å². The maximum absolute atomic E-state index is 14.4. The molecular weight excluding hydrogens is 729 g/mol. The first-order valence-corrected chi connectivity index (χ1v) is 16.4. The largest absolute Gasteiger partial charge is 0.416 e. The molecule has 2 heterocycles. The van der Waals surface area contributed by atoms with Gasteiger partial charge in [0.25, 0.3) is 0 Å². The SMILES string of the molecule is N#Cc1ccc2c(c1)c1cc(C#N)ccc1n2-c1cc(-c2cc(C(F)(F)F)cc(C(F)(F)F)c2)c(-n2c3ccc(C#N)cc3c3cc(C#N)ccc32)cc1C#N. The average molecular weight is 746 g/mol. The number of hydrogen-bond acceptors (Lipinski definition) is 5. The van der Waals surface area contributed by atoms with Crippen molar-refractivity contribution in [2.75, 3.05) is 0 Å². The second-order valence-electron chi connectivity index (χ2n) is 12.8. The van der Waals surface area contributed by atoms with E-state index in [1.807, 2.05) is 0 Å². The third-order valence-corrected chi connectivity index (χ3v) is 9.66. The molecule has 6 aromatic carbocycles. The lowest BCUT2D eigenvalue weighted by atomic mass is 9.95. The molecule has 7 nitrogen and oxygen atoms in total. The van der Waals surface area contributed by atoms with Crippen molar-refractivity contribution in [1.29, 1.82) is 26.3 Å². The first kappa shape index (κ1) is 35.0. The molecule has 13 heteroatoms. The summed E-state index contributed by atoms with van der Waals surface area (Å²) in [6.07, 6.45) is -10.4. The van der Waals surface area contributed by atoms with Crippen LogP contribution >= 0.6 is 0 Å². The van der Waals surface area contributed by atoms with Gasteiger partial charge in [0.15, 0.2) is 0 Å². The molecule has 0 aliphatic carbocycles. The van der Waals surface area contributed by atoms with Crippen LogP contribution in [0, 0.1) is 56.7 Å². The lowest BCUT2D eigenvalue weighted by Crippen LogP contribution is -2.11. The lowest BCUT2D eigenvalue weighted by Gasteiger charge is -2.20. The van der Waals surface area contributed by atoms with Gasteiger partial charge in [-0.3, -0.25) is 0 Å². The maximum atomic E-state index is 14.4. The van der Waals surface area contributed by atoms with Crippen LogP contribution in [0.15, 0.2) is 103 Å². The van der Waals surface area contributed by atoms with E-state index >= 15 is 0 Å². The van der Waals surface area contributed by atoms with E-state index in [0.717, 1.165) is 0 Å². The summed E-state index contributed by atoms with van der Waals surface area (Å²) in [5.74, 6) is 0. The molecular formula is C43H17F6N7. The number of aromatic nitrogens is 2. The van der Waals surface area contributed by atoms with Gasteiger partial charge in [-0.1, -0.05) is 0 Å². The summed E-state index contributed by atoms with van der Waals surface area (Å²) in [7, 11) is 0. The molecule has 0 aliphatic heterocycles. The van der Waals surface area contributed by atoms with Gasteiger partial charge in [0.2, 0.25) is 0 Å². The Hall–Kier alpha value is -8.05. The van der Waals surface area contributed by atoms with Crippen LogP contribution in [0.5, 0.6) is 0 Å². The number of benzene rings is 6. The van der Waals surface area contributed by atoms with Gasteiger partial charge in [0.1, 0.15) is 6.07 Å². The molecule has 0 saturated heterocycles. The fraction of sp³-hybridized carbons (Fsp3) is 0.0465. The van der Waals surface area contributed by atoms with Crippen molar-refractivity contribution < 1.29 is 26.3 Å². The standard InChI is InChI=1S/C43H17F6N7/c44-42(45,46)29-13-27(14-30(16-29)43(47,48)49)31-17-40(55-36-5-1-23(18-50)9-32(36)33-10-24(19-51)2-6-37(33)55)28(22-54)15-41(31)56-38-7-3-25(20-52)11-34(38)35-12-26(21-53)4-8-39(35)56/h1-17H. The molecule has 0 radical (unpaired) electrons. The summed E-state index contributed by atoms with van der Waals surface area (Å²) in [5, 5.41) is 51.5. The van der Waals surface area contributed by atoms with E-state index < -0.39 is 29.0 Å². The minimum atomic E-state index is -5.18. The van der Waals surface area contributed by atoms with E-state index in [4.69, 9.17) is 0 Å². The predicted molar refractivity (Wildman–Crippen MR) is 194 cm³/mol. The molecule has 8 aromatic rings. The van der Waals surface area contributed by atoms with Crippen LogP contribution in [0.4, 0.5) is 26.3 Å². The molecule has 0 unspecified atom stereocenters. The Bertz CT molecular complexity index is 3060. The monoisotopic (exact) mass is 745 g/mol. The molecule has 56 heavy (non-hydrogen) atoms. The molecule has 0 aliphatic rings. The summed E-state index contributed by atoms with van der Waals surface area (Å²) in [5.41, 5.74) is -0.876. The van der Waals surface area contributed by atoms with Crippen LogP contribution in [0.2, 0.25) is 0 Å². The molecule has 0 atom stereocenters. The van der Waals surface area contributed by atoms with Gasteiger partial charge in [-0.25, -0.2) is 0 Å². The normalized spacial score (nSPS) is 11.7. The van der Waals surface area contributed by atoms with Crippen molar-refractivity contribution in [2.24, 2.45) is 0 Å². The molecule has 8 rings (SSSR count). The third kappa shape index (κ3) is 5.50. The Morgan fingerprint density at radius 3 is 1.07 bits per heavy atom. The van der Waals surface area contributed by atoms with Gasteiger partial charge in [-0.15, -0.1) is 0 Å². The number of hydrogen-bond donors (Lipinski definition) is 0. The highest BCUT2D eigenvalue weighted by atomic mass is 19.4. The highest BCUT2D eigenvalue weighted by Crippen LogP contribution is 2.44. The van der Waals surface area contributed by atoms with Crippen molar-refractivity contribution in [3.05, 3.63) is 142 Å². The van der Waals surface area contributed by atoms with Gasteiger partial charge in [-0.05, 0) is 109 Å². The minimum absolute atomic E-state index is 0.0309. The zero-order valence-electron chi connectivity index (χ0n) is 28.2. The van der Waals surface area contributed by atoms with E-state index in [-0.39, 0.29) is 50.8 Å². The van der Waals surface area contributed by atoms with Crippen molar-refractivity contribution in [3.63, 3.8) is 0 Å². The molecule has 0 amide bonds. The Morgan fingerprint density at radius 1 is 0.393 bits per heavy atom. The van der Waals surface area contributed by atoms with Crippen LogP contribution in [0.3, 0.4) is 0 Å². The second kappa shape index (κ2) is 12.5. The topological polar surface area (TPSA) is 129 Å². The maximum Gasteiger partial charge on any atom is 0.416 e. The minimum Gasteiger partial charge on any atom is -0.309 e. The molecule has 266 valence electrons. The van der Waals surface area contributed by atoms with Crippen LogP contribution < -0.4 is 0 Å². The van der Waals surface area contributed by atoms with E-state index in [0.29, 0.717) is 55.7 Å². The summed E-state index contributed by atoms with van der Waals surface area (Å²) < 4.78 is 89.4. The number of nitrogens with zero attached hydrogens (tertiary/aromatic N) is 7. The molecule has 0 fully saturated rings. The van der Waals surface area contributed by atoms with E-state index in [1.54, 1.807) is 57.7 Å². The number of rotatable bonds is 3. The lowest BCUT2D eigenvalue weighted by molar-refractivity contribution is -0.143. The predicted octanol–water partition coefficient (Wildman–Crippen LogP) is 10.9. The van der Waals surface area contributed by atoms with E-state index in [1.165, 1.54) is 36.4 Å². The highest BCUT2D eigenvalue weighted by Gasteiger charge is 2.37. The van der Waals surface area contributed by atoms with Crippen molar-refractivity contribution >= 4 is 43.6 Å². The molecule has 0 spiro atoms. The number of alkyl halides is 6. The fourth-order valence-electron chi connectivity index (χ4n) is 7.22. The smallest absolute Gasteiger partial charge is 0.309 e. The summed E-state index contributed by atoms with van der Waals surface area (Å²) in [6.45, 7) is 0. The Morgan fingerprint density at radius 2 is 0.750 bits per heavy atom. The average Bonchev–Trinajstić information content (AvgIpc) is 3.70. The third-order valence-electron chi connectivity index (χ3n) is 9.66. The van der Waals surface area contributed by atoms with Gasteiger partial charge < -0.3 is 9.13 Å². The first-order valence-electron chi connectivity index (χ1n) is 16.4. The number of nitriles is 5. The zero-order chi connectivity index (χ0) is 39.7. The van der Waals surface area contributed by atoms with E-state index in [9.17, 15) is 52.7 Å². The zero-order valence-corrected chi connectivity index (χ0v) is 28.2. The fourth-order valence-corrected chi connectivity index (χ4v) is 7.22. The first-order chi connectivity index (χ1) is 26.8. The van der Waals surface area contributed by atoms with E-state index in [2.05, 4.69) is 30.3 Å². The molecule has 0 bridgehead atoms. The number of fused-ring (bicyclic) bond motifs is 6. The Kier molecular flexibility index (Phi) is 7.83. The molecule has 2 aromatic heterocycles. The van der Waals surface area contributed by atoms with Crippen LogP contribution in [-0.2, 0) is 12.4 Å². The Labute approximate surface area is 312 Å². The van der Waals surface area contributed by atoms with Gasteiger partial charge in [0.05, 0.1) is 96.7 Å². The van der Waals surface area contributed by atoms with Crippen LogP contribution in [0.25, 0.3) is 66.1 Å². The highest BCUT2D eigenvalue weighted by molar-refractivity contribution is 6.12. The quantitative estimate of drug-likeness (QED) is 0.166. The Balaban J connectivity index is 1.57. The molecule has 0 saturated carbocycles. The van der Waals surface area contributed by atoms with Gasteiger partial charge >= 0.3 is 12.4 Å². The van der Waals surface area contributed by atoms with Crippen molar-refractivity contribution in [2.45, 2.75) is 12.4 Å². The molecule has 0 N–H and O–H groups in total. The summed E-state index contributed by atoms with van der Waals surface area (Å²) >= 11 is 0. The van der Waals surface area contributed by atoms with Gasteiger partial charge in [0, 0.05) is 27.1 Å². The summed E-state index contributed by atoms with van der Waals surface area (Å²) in [6, 6.07) is 33.1. The van der Waals surface area contributed by atoms with Crippen LogP contribution in [0.1, 0.15) is 38.9 Å². The summed E-state index contributed by atoms with van der Waals surface area (Å²) in [4.78, 5) is 0. The van der Waals surface area contributed by atoms with Gasteiger partial charge in [-0.2, -0.15) is 52.7 Å².